The van der Waals surface area contributed by atoms with Crippen LogP contribution in [0.25, 0.3) is 11.2 Å². The number of nitrogen functional groups attached to an aromatic ring is 1. The van der Waals surface area contributed by atoms with Crippen LogP contribution in [-0.2, 0) is 9.30 Å². The lowest BCUT2D eigenvalue weighted by molar-refractivity contribution is 0.123. The van der Waals surface area contributed by atoms with E-state index in [1.807, 2.05) is 6.92 Å². The maximum atomic E-state index is 10.8. The van der Waals surface area contributed by atoms with Crippen LogP contribution in [0.4, 0.5) is 5.82 Å². The Hall–Kier alpha value is -1.54. The van der Waals surface area contributed by atoms with Crippen molar-refractivity contribution in [2.24, 2.45) is 0 Å². The van der Waals surface area contributed by atoms with E-state index in [1.165, 1.54) is 6.33 Å². The van der Waals surface area contributed by atoms with Crippen LogP contribution in [0.15, 0.2) is 12.7 Å². The van der Waals surface area contributed by atoms with E-state index in [0.29, 0.717) is 23.4 Å². The Morgan fingerprint density at radius 3 is 2.85 bits per heavy atom. The van der Waals surface area contributed by atoms with Gasteiger partial charge in [-0.2, -0.15) is 0 Å². The lowest BCUT2D eigenvalue weighted by Gasteiger charge is -2.17. The highest BCUT2D eigenvalue weighted by Crippen LogP contribution is 2.34. The molecule has 2 aromatic heterocycles. The van der Waals surface area contributed by atoms with Gasteiger partial charge in [0, 0.05) is 0 Å². The summed E-state index contributed by atoms with van der Waals surface area (Å²) in [5.74, 6) is 0.291. The van der Waals surface area contributed by atoms with Gasteiger partial charge in [0.15, 0.2) is 11.5 Å². The zero-order chi connectivity index (χ0) is 14.8. The first kappa shape index (κ1) is 14.9. The third-order valence-corrected chi connectivity index (χ3v) is 3.34. The van der Waals surface area contributed by atoms with Crippen molar-refractivity contribution in [1.82, 2.24) is 19.5 Å². The van der Waals surface area contributed by atoms with E-state index in [9.17, 15) is 4.57 Å². The quantitative estimate of drug-likeness (QED) is 0.656. The Morgan fingerprint density at radius 2 is 2.20 bits per heavy atom. The van der Waals surface area contributed by atoms with Gasteiger partial charge in [0.1, 0.15) is 18.2 Å². The predicted molar refractivity (Wildman–Crippen MR) is 71.9 cm³/mol. The molecule has 0 aromatic carbocycles. The normalized spacial score (nSPS) is 13.8. The first-order chi connectivity index (χ1) is 9.42. The first-order valence-corrected chi connectivity index (χ1v) is 7.77. The standard InChI is InChI=1S/C10H16N5O4P/c1-2-7(3-19-6-20(16,17)18)15-5-14-8-9(11)12-4-13-10(8)15/h4-5,7H,2-3,6H2,1H3,(H2,11,12,13)(H2,16,17,18)/t7-/m1/s1. The van der Waals surface area contributed by atoms with Crippen LogP contribution < -0.4 is 5.73 Å². The van der Waals surface area contributed by atoms with Gasteiger partial charge in [-0.25, -0.2) is 15.0 Å². The SMILES string of the molecule is CC[C@H](COCP(=O)(O)O)n1cnc2c(N)ncnc21. The molecular weight excluding hydrogens is 285 g/mol. The second-order valence-corrected chi connectivity index (χ2v) is 5.90. The molecule has 0 radical (unpaired) electrons. The molecule has 110 valence electrons. The molecular formula is C10H16N5O4P. The molecule has 0 saturated heterocycles. The fraction of sp³-hybridized carbons (Fsp3) is 0.500. The van der Waals surface area contributed by atoms with Crippen molar-refractivity contribution >= 4 is 24.6 Å². The fourth-order valence-corrected chi connectivity index (χ4v) is 2.18. The van der Waals surface area contributed by atoms with E-state index in [-0.39, 0.29) is 12.6 Å². The molecule has 0 bridgehead atoms. The van der Waals surface area contributed by atoms with Crippen molar-refractivity contribution in [1.29, 1.82) is 0 Å². The van der Waals surface area contributed by atoms with Crippen molar-refractivity contribution < 1.29 is 19.1 Å². The summed E-state index contributed by atoms with van der Waals surface area (Å²) in [4.78, 5) is 29.7. The third kappa shape index (κ3) is 3.31. The lowest BCUT2D eigenvalue weighted by atomic mass is 10.2. The maximum Gasteiger partial charge on any atom is 0.350 e. The molecule has 2 aromatic rings. The Kier molecular flexibility index (Phi) is 4.34. The molecule has 1 atom stereocenters. The molecule has 0 saturated carbocycles. The predicted octanol–water partition coefficient (Wildman–Crippen LogP) is 0.511. The highest BCUT2D eigenvalue weighted by molar-refractivity contribution is 7.51. The van der Waals surface area contributed by atoms with Crippen molar-refractivity contribution in [3.63, 3.8) is 0 Å². The number of rotatable bonds is 6. The van der Waals surface area contributed by atoms with Crippen LogP contribution in [0, 0.1) is 0 Å². The zero-order valence-electron chi connectivity index (χ0n) is 10.9. The Morgan fingerprint density at radius 1 is 1.45 bits per heavy atom. The number of aromatic nitrogens is 4. The van der Waals surface area contributed by atoms with Crippen LogP contribution in [0.2, 0.25) is 0 Å². The van der Waals surface area contributed by atoms with E-state index in [2.05, 4.69) is 15.0 Å². The largest absolute Gasteiger partial charge is 0.382 e. The van der Waals surface area contributed by atoms with Gasteiger partial charge < -0.3 is 24.8 Å². The molecule has 0 fully saturated rings. The van der Waals surface area contributed by atoms with Gasteiger partial charge in [0.2, 0.25) is 0 Å². The van der Waals surface area contributed by atoms with Gasteiger partial charge in [0.25, 0.3) is 0 Å². The minimum Gasteiger partial charge on any atom is -0.382 e. The van der Waals surface area contributed by atoms with Crippen LogP contribution in [0.3, 0.4) is 0 Å². The number of fused-ring (bicyclic) bond motifs is 1. The van der Waals surface area contributed by atoms with Crippen molar-refractivity contribution in [2.45, 2.75) is 19.4 Å². The molecule has 0 aliphatic carbocycles. The van der Waals surface area contributed by atoms with E-state index < -0.39 is 13.9 Å². The lowest BCUT2D eigenvalue weighted by Crippen LogP contribution is -2.15. The van der Waals surface area contributed by atoms with E-state index in [0.717, 1.165) is 0 Å². The number of nitrogens with two attached hydrogens (primary N) is 1. The average molecular weight is 301 g/mol. The highest BCUT2D eigenvalue weighted by atomic mass is 31.2. The van der Waals surface area contributed by atoms with E-state index >= 15 is 0 Å². The number of ether oxygens (including phenoxy) is 1. The van der Waals surface area contributed by atoms with Gasteiger partial charge in [-0.15, -0.1) is 0 Å². The van der Waals surface area contributed by atoms with Gasteiger partial charge in [-0.1, -0.05) is 6.92 Å². The van der Waals surface area contributed by atoms with Gasteiger partial charge in [0.05, 0.1) is 19.0 Å². The van der Waals surface area contributed by atoms with E-state index in [1.54, 1.807) is 10.9 Å². The number of nitrogens with zero attached hydrogens (tertiary/aromatic N) is 4. The second-order valence-electron chi connectivity index (χ2n) is 4.31. The second kappa shape index (κ2) is 5.84. The molecule has 4 N–H and O–H groups in total. The summed E-state index contributed by atoms with van der Waals surface area (Å²) in [7, 11) is -4.16. The molecule has 10 heteroatoms. The summed E-state index contributed by atoms with van der Waals surface area (Å²) in [5, 5.41) is 0. The number of anilines is 1. The topological polar surface area (TPSA) is 136 Å². The fourth-order valence-electron chi connectivity index (χ4n) is 1.84. The third-order valence-electron chi connectivity index (χ3n) is 2.82. The van der Waals surface area contributed by atoms with E-state index in [4.69, 9.17) is 20.3 Å². The molecule has 2 heterocycles. The molecule has 0 amide bonds. The minimum absolute atomic E-state index is 0.138. The maximum absolute atomic E-state index is 10.8. The molecule has 0 aliphatic rings. The monoisotopic (exact) mass is 301 g/mol. The summed E-state index contributed by atoms with van der Waals surface area (Å²) >= 11 is 0. The summed E-state index contributed by atoms with van der Waals surface area (Å²) in [6, 6.07) is -0.138. The Labute approximate surface area is 115 Å². The Bertz CT molecular complexity index is 640. The minimum atomic E-state index is -4.16. The van der Waals surface area contributed by atoms with Gasteiger partial charge in [-0.05, 0) is 6.42 Å². The summed E-state index contributed by atoms with van der Waals surface area (Å²) in [6.07, 6.45) is 3.01. The van der Waals surface area contributed by atoms with Crippen molar-refractivity contribution in [3.8, 4) is 0 Å². The molecule has 9 nitrogen and oxygen atoms in total. The molecule has 20 heavy (non-hydrogen) atoms. The molecule has 0 spiro atoms. The number of hydrogen-bond donors (Lipinski definition) is 3. The van der Waals surface area contributed by atoms with Crippen LogP contribution in [0.1, 0.15) is 19.4 Å². The summed E-state index contributed by atoms with van der Waals surface area (Å²) in [6.45, 7) is 2.08. The number of hydrogen-bond acceptors (Lipinski definition) is 6. The average Bonchev–Trinajstić information content (AvgIpc) is 2.79. The first-order valence-electron chi connectivity index (χ1n) is 5.97. The van der Waals surface area contributed by atoms with Crippen molar-refractivity contribution in [2.75, 3.05) is 18.7 Å². The highest BCUT2D eigenvalue weighted by Gasteiger charge is 2.18. The molecule has 2 rings (SSSR count). The summed E-state index contributed by atoms with van der Waals surface area (Å²) < 4.78 is 17.6. The number of imidazole rings is 1. The van der Waals surface area contributed by atoms with Crippen LogP contribution in [-0.4, -0.2) is 42.3 Å². The zero-order valence-corrected chi connectivity index (χ0v) is 11.8. The molecule has 0 unspecified atom stereocenters. The van der Waals surface area contributed by atoms with Crippen molar-refractivity contribution in [3.05, 3.63) is 12.7 Å². The van der Waals surface area contributed by atoms with Crippen LogP contribution in [0.5, 0.6) is 0 Å². The van der Waals surface area contributed by atoms with Gasteiger partial charge >= 0.3 is 7.60 Å². The molecule has 0 aliphatic heterocycles. The summed E-state index contributed by atoms with van der Waals surface area (Å²) in [5.41, 5.74) is 6.78. The Balaban J connectivity index is 2.18. The van der Waals surface area contributed by atoms with Gasteiger partial charge in [-0.3, -0.25) is 4.57 Å². The smallest absolute Gasteiger partial charge is 0.350 e. The van der Waals surface area contributed by atoms with Crippen LogP contribution >= 0.6 is 7.60 Å².